The Bertz CT molecular complexity index is 1300. The Balaban J connectivity index is 1.62. The van der Waals surface area contributed by atoms with E-state index in [0.29, 0.717) is 12.5 Å². The van der Waals surface area contributed by atoms with Crippen LogP contribution >= 0.6 is 0 Å². The second-order valence-corrected chi connectivity index (χ2v) is 9.22. The van der Waals surface area contributed by atoms with Gasteiger partial charge in [-0.1, -0.05) is 81.4 Å². The fourth-order valence-electron chi connectivity index (χ4n) is 4.89. The molecule has 1 atom stereocenters. The predicted molar refractivity (Wildman–Crippen MR) is 139 cm³/mol. The molecule has 1 aliphatic heterocycles. The van der Waals surface area contributed by atoms with Crippen LogP contribution in [0.5, 0.6) is 0 Å². The summed E-state index contributed by atoms with van der Waals surface area (Å²) in [5.74, 6) is 0.459. The fraction of sp³-hybridized carbons (Fsp3) is 0.233. The van der Waals surface area contributed by atoms with Gasteiger partial charge < -0.3 is 14.8 Å². The summed E-state index contributed by atoms with van der Waals surface area (Å²) in [4.78, 5) is 15.9. The van der Waals surface area contributed by atoms with Crippen molar-refractivity contribution in [3.8, 4) is 5.69 Å². The first-order valence-corrected chi connectivity index (χ1v) is 12.1. The third-order valence-corrected chi connectivity index (χ3v) is 6.78. The van der Waals surface area contributed by atoms with Crippen molar-refractivity contribution in [2.24, 2.45) is 0 Å². The maximum Gasteiger partial charge on any atom is 0.322 e. The monoisotopic (exact) mass is 449 g/mol. The molecule has 0 spiro atoms. The zero-order chi connectivity index (χ0) is 23.7. The standard InChI is InChI=1S/C30H31N3O/c1-4-22-10-5-7-12-26(22)31-30(34)33-20-25-11-6-8-13-27(25)32-19-9-14-28(32)29(33)24-17-15-23(16-18-24)21(2)3/h5-19,21,29H,4,20H2,1-3H3,(H,31,34). The Morgan fingerprint density at radius 2 is 1.68 bits per heavy atom. The first-order chi connectivity index (χ1) is 16.6. The lowest BCUT2D eigenvalue weighted by Gasteiger charge is -2.31. The molecule has 172 valence electrons. The largest absolute Gasteiger partial charge is 0.322 e. The summed E-state index contributed by atoms with van der Waals surface area (Å²) in [6, 6.07) is 29.0. The van der Waals surface area contributed by atoms with Crippen molar-refractivity contribution < 1.29 is 4.79 Å². The molecule has 4 nitrogen and oxygen atoms in total. The van der Waals surface area contributed by atoms with E-state index in [1.807, 2.05) is 29.2 Å². The van der Waals surface area contributed by atoms with Crippen LogP contribution in [0.25, 0.3) is 5.69 Å². The molecule has 0 aliphatic carbocycles. The summed E-state index contributed by atoms with van der Waals surface area (Å²) in [6.07, 6.45) is 2.96. The number of carbonyl (C=O) groups excluding carboxylic acids is 1. The first-order valence-electron chi connectivity index (χ1n) is 12.1. The maximum absolute atomic E-state index is 13.9. The number of aryl methyl sites for hydroxylation is 1. The first kappa shape index (κ1) is 22.0. The molecule has 0 radical (unpaired) electrons. The van der Waals surface area contributed by atoms with Gasteiger partial charge in [0.05, 0.1) is 18.3 Å². The average molecular weight is 450 g/mol. The number of hydrogen-bond donors (Lipinski definition) is 1. The zero-order valence-electron chi connectivity index (χ0n) is 20.0. The highest BCUT2D eigenvalue weighted by Crippen LogP contribution is 2.37. The summed E-state index contributed by atoms with van der Waals surface area (Å²) in [5, 5.41) is 3.22. The second kappa shape index (κ2) is 9.22. The normalized spacial score (nSPS) is 14.9. The number of carbonyl (C=O) groups is 1. The number of fused-ring (bicyclic) bond motifs is 3. The van der Waals surface area contributed by atoms with E-state index in [1.165, 1.54) is 5.56 Å². The molecule has 1 unspecified atom stereocenters. The van der Waals surface area contributed by atoms with Crippen molar-refractivity contribution in [1.29, 1.82) is 0 Å². The minimum Gasteiger partial charge on any atom is -0.318 e. The molecule has 1 N–H and O–H groups in total. The molecule has 1 aliphatic rings. The predicted octanol–water partition coefficient (Wildman–Crippen LogP) is 7.30. The molecule has 34 heavy (non-hydrogen) atoms. The minimum absolute atomic E-state index is 0.0942. The number of urea groups is 1. The van der Waals surface area contributed by atoms with Gasteiger partial charge in [-0.2, -0.15) is 0 Å². The van der Waals surface area contributed by atoms with Gasteiger partial charge in [0, 0.05) is 17.6 Å². The molecule has 3 aromatic carbocycles. The van der Waals surface area contributed by atoms with Crippen LogP contribution in [0.2, 0.25) is 0 Å². The number of nitrogens with one attached hydrogen (secondary N) is 1. The highest BCUT2D eigenvalue weighted by atomic mass is 16.2. The Hall–Kier alpha value is -3.79. The van der Waals surface area contributed by atoms with E-state index in [9.17, 15) is 4.79 Å². The van der Waals surface area contributed by atoms with Crippen molar-refractivity contribution in [2.75, 3.05) is 5.32 Å². The van der Waals surface area contributed by atoms with Gasteiger partial charge in [0.15, 0.2) is 0 Å². The number of rotatable bonds is 4. The number of anilines is 1. The number of aromatic nitrogens is 1. The lowest BCUT2D eigenvalue weighted by molar-refractivity contribution is 0.194. The van der Waals surface area contributed by atoms with Gasteiger partial charge in [-0.3, -0.25) is 0 Å². The number of para-hydroxylation sites is 2. The van der Waals surface area contributed by atoms with Crippen molar-refractivity contribution >= 4 is 11.7 Å². The number of nitrogens with zero attached hydrogens (tertiary/aromatic N) is 2. The zero-order valence-corrected chi connectivity index (χ0v) is 20.0. The van der Waals surface area contributed by atoms with Crippen LogP contribution in [-0.2, 0) is 13.0 Å². The molecule has 4 heteroatoms. The Labute approximate surface area is 201 Å². The summed E-state index contributed by atoms with van der Waals surface area (Å²) in [6.45, 7) is 7.04. The molecule has 2 heterocycles. The molecular weight excluding hydrogens is 418 g/mol. The molecule has 1 aromatic heterocycles. The summed E-state index contributed by atoms with van der Waals surface area (Å²) >= 11 is 0. The van der Waals surface area contributed by atoms with E-state index in [-0.39, 0.29) is 12.1 Å². The van der Waals surface area contributed by atoms with E-state index in [1.54, 1.807) is 0 Å². The molecular formula is C30H31N3O. The van der Waals surface area contributed by atoms with Crippen LogP contribution in [0.15, 0.2) is 91.1 Å². The van der Waals surface area contributed by atoms with Crippen molar-refractivity contribution in [3.63, 3.8) is 0 Å². The van der Waals surface area contributed by atoms with Gasteiger partial charge in [0.2, 0.25) is 0 Å². The number of amides is 2. The highest BCUT2D eigenvalue weighted by molar-refractivity contribution is 5.91. The molecule has 0 fully saturated rings. The third-order valence-electron chi connectivity index (χ3n) is 6.78. The van der Waals surface area contributed by atoms with Crippen LogP contribution in [0.4, 0.5) is 10.5 Å². The second-order valence-electron chi connectivity index (χ2n) is 9.22. The van der Waals surface area contributed by atoms with Crippen LogP contribution in [0.1, 0.15) is 60.7 Å². The van der Waals surface area contributed by atoms with Gasteiger partial charge >= 0.3 is 6.03 Å². The van der Waals surface area contributed by atoms with Crippen LogP contribution in [-0.4, -0.2) is 15.5 Å². The van der Waals surface area contributed by atoms with E-state index in [4.69, 9.17) is 0 Å². The lowest BCUT2D eigenvalue weighted by Crippen LogP contribution is -2.38. The molecule has 5 rings (SSSR count). The highest BCUT2D eigenvalue weighted by Gasteiger charge is 2.33. The summed E-state index contributed by atoms with van der Waals surface area (Å²) in [7, 11) is 0. The van der Waals surface area contributed by atoms with Gasteiger partial charge in [-0.15, -0.1) is 0 Å². The average Bonchev–Trinajstić information content (AvgIpc) is 3.28. The third kappa shape index (κ3) is 4.01. The quantitative estimate of drug-likeness (QED) is 0.349. The van der Waals surface area contributed by atoms with Gasteiger partial charge in [0.1, 0.15) is 0 Å². The van der Waals surface area contributed by atoms with Crippen LogP contribution in [0.3, 0.4) is 0 Å². The number of benzene rings is 3. The van der Waals surface area contributed by atoms with Gasteiger partial charge in [0.25, 0.3) is 0 Å². The smallest absolute Gasteiger partial charge is 0.318 e. The lowest BCUT2D eigenvalue weighted by atomic mass is 9.97. The van der Waals surface area contributed by atoms with E-state index < -0.39 is 0 Å². The van der Waals surface area contributed by atoms with Crippen molar-refractivity contribution in [1.82, 2.24) is 9.47 Å². The Morgan fingerprint density at radius 3 is 2.44 bits per heavy atom. The maximum atomic E-state index is 13.9. The van der Waals surface area contributed by atoms with E-state index >= 15 is 0 Å². The summed E-state index contributed by atoms with van der Waals surface area (Å²) < 4.78 is 2.23. The molecule has 4 aromatic rings. The van der Waals surface area contributed by atoms with Gasteiger partial charge in [-0.25, -0.2) is 4.79 Å². The molecule has 0 bridgehead atoms. The van der Waals surface area contributed by atoms with E-state index in [2.05, 4.69) is 97.5 Å². The molecule has 0 saturated heterocycles. The van der Waals surface area contributed by atoms with Crippen LogP contribution in [0, 0.1) is 0 Å². The number of hydrogen-bond acceptors (Lipinski definition) is 1. The van der Waals surface area contributed by atoms with Crippen molar-refractivity contribution in [2.45, 2.75) is 45.7 Å². The molecule has 2 amide bonds. The summed E-state index contributed by atoms with van der Waals surface area (Å²) in [5.41, 5.74) is 7.74. The topological polar surface area (TPSA) is 37.3 Å². The Kier molecular flexibility index (Phi) is 5.97. The molecule has 0 saturated carbocycles. The van der Waals surface area contributed by atoms with Crippen molar-refractivity contribution in [3.05, 3.63) is 119 Å². The fourth-order valence-corrected chi connectivity index (χ4v) is 4.89. The SMILES string of the molecule is CCc1ccccc1NC(=O)N1Cc2ccccc2-n2cccc2C1c1ccc(C(C)C)cc1. The minimum atomic E-state index is -0.211. The van der Waals surface area contributed by atoms with Crippen LogP contribution < -0.4 is 5.32 Å². The van der Waals surface area contributed by atoms with Gasteiger partial charge in [-0.05, 0) is 58.9 Å². The Morgan fingerprint density at radius 1 is 0.941 bits per heavy atom. The van der Waals surface area contributed by atoms with E-state index in [0.717, 1.165) is 40.2 Å².